The van der Waals surface area contributed by atoms with Crippen LogP contribution < -0.4 is 0 Å². The highest BCUT2D eigenvalue weighted by molar-refractivity contribution is 6.34. The molecule has 0 amide bonds. The molecule has 0 radical (unpaired) electrons. The minimum absolute atomic E-state index is 0.247. The second-order valence-electron chi connectivity index (χ2n) is 8.55. The van der Waals surface area contributed by atoms with Gasteiger partial charge in [-0.05, 0) is 54.5 Å². The van der Waals surface area contributed by atoms with Crippen LogP contribution in [0.5, 0.6) is 0 Å². The normalized spacial score (nSPS) is 18.1. The molecular formula is C24H22ClFN2O3. The van der Waals surface area contributed by atoms with E-state index >= 15 is 0 Å². The van der Waals surface area contributed by atoms with Crippen molar-refractivity contribution in [2.75, 3.05) is 0 Å². The minimum atomic E-state index is -0.855. The van der Waals surface area contributed by atoms with Crippen LogP contribution in [0, 0.1) is 24.1 Å². The number of carbonyl (C=O) groups is 2. The highest BCUT2D eigenvalue weighted by Gasteiger charge is 2.38. The lowest BCUT2D eigenvalue weighted by Crippen LogP contribution is -2.32. The monoisotopic (exact) mass is 440 g/mol. The fourth-order valence-electron chi connectivity index (χ4n) is 4.44. The van der Waals surface area contributed by atoms with Crippen molar-refractivity contribution in [1.29, 1.82) is 0 Å². The summed E-state index contributed by atoms with van der Waals surface area (Å²) in [7, 11) is 0. The molecule has 0 aliphatic heterocycles. The van der Waals surface area contributed by atoms with Crippen molar-refractivity contribution in [3.8, 4) is 0 Å². The molecule has 1 atom stereocenters. The second kappa shape index (κ2) is 7.61. The van der Waals surface area contributed by atoms with Gasteiger partial charge >= 0.3 is 5.97 Å². The van der Waals surface area contributed by atoms with E-state index < -0.39 is 29.0 Å². The maximum absolute atomic E-state index is 14.9. The molecule has 0 saturated heterocycles. The van der Waals surface area contributed by atoms with Gasteiger partial charge in [0.1, 0.15) is 5.82 Å². The molecule has 1 heterocycles. The third-order valence-electron chi connectivity index (χ3n) is 6.03. The van der Waals surface area contributed by atoms with Gasteiger partial charge in [-0.25, -0.2) is 4.39 Å². The third kappa shape index (κ3) is 3.55. The lowest BCUT2D eigenvalue weighted by atomic mass is 9.70. The van der Waals surface area contributed by atoms with E-state index in [1.165, 1.54) is 16.8 Å². The Morgan fingerprint density at radius 3 is 2.58 bits per heavy atom. The van der Waals surface area contributed by atoms with E-state index in [0.717, 1.165) is 5.57 Å². The van der Waals surface area contributed by atoms with E-state index in [0.29, 0.717) is 40.2 Å². The van der Waals surface area contributed by atoms with Crippen LogP contribution >= 0.6 is 11.6 Å². The fourth-order valence-corrected chi connectivity index (χ4v) is 4.74. The number of benzene rings is 2. The molecule has 5 nitrogen and oxygen atoms in total. The Balaban J connectivity index is 1.92. The van der Waals surface area contributed by atoms with Crippen LogP contribution in [0.4, 0.5) is 4.39 Å². The summed E-state index contributed by atoms with van der Waals surface area (Å²) in [5.74, 6) is -2.32. The lowest BCUT2D eigenvalue weighted by Gasteiger charge is -2.33. The molecule has 0 saturated carbocycles. The molecule has 1 N–H and O–H groups in total. The van der Waals surface area contributed by atoms with Gasteiger partial charge in [0.2, 0.25) is 0 Å². The maximum Gasteiger partial charge on any atom is 0.307 e. The number of nitrogens with zero attached hydrogens (tertiary/aromatic N) is 2. The molecule has 160 valence electrons. The van der Waals surface area contributed by atoms with Gasteiger partial charge < -0.3 is 5.11 Å². The molecule has 3 aromatic rings. The van der Waals surface area contributed by atoms with Crippen molar-refractivity contribution in [2.45, 2.75) is 33.6 Å². The zero-order chi connectivity index (χ0) is 22.5. The maximum atomic E-state index is 14.9. The third-order valence-corrected chi connectivity index (χ3v) is 6.35. The average molecular weight is 441 g/mol. The molecule has 0 spiro atoms. The second-order valence-corrected chi connectivity index (χ2v) is 8.96. The van der Waals surface area contributed by atoms with Crippen LogP contribution in [0.25, 0.3) is 16.5 Å². The average Bonchev–Trinajstić information content (AvgIpc) is 3.07. The van der Waals surface area contributed by atoms with Gasteiger partial charge in [-0.15, -0.1) is 0 Å². The van der Waals surface area contributed by atoms with E-state index in [1.54, 1.807) is 31.2 Å². The van der Waals surface area contributed by atoms with Crippen LogP contribution in [0.15, 0.2) is 42.5 Å². The Morgan fingerprint density at radius 2 is 1.94 bits per heavy atom. The first-order valence-electron chi connectivity index (χ1n) is 10.0. The van der Waals surface area contributed by atoms with E-state index in [1.807, 2.05) is 19.9 Å². The number of carboxylic acid groups (broad SMARTS) is 1. The Hall–Kier alpha value is -2.99. The number of allylic oxidation sites excluding steroid dienone is 2. The summed E-state index contributed by atoms with van der Waals surface area (Å²) in [5, 5.41) is 14.6. The van der Waals surface area contributed by atoms with Crippen molar-refractivity contribution < 1.29 is 19.1 Å². The first-order chi connectivity index (χ1) is 14.6. The molecular weight excluding hydrogens is 419 g/mol. The molecule has 7 heteroatoms. The molecule has 4 rings (SSSR count). The van der Waals surface area contributed by atoms with Gasteiger partial charge in [-0.3, -0.25) is 9.59 Å². The topological polar surface area (TPSA) is 72.2 Å². The summed E-state index contributed by atoms with van der Waals surface area (Å²) in [6.45, 7) is 5.47. The quantitative estimate of drug-likeness (QED) is 0.564. The predicted molar refractivity (Wildman–Crippen MR) is 118 cm³/mol. The van der Waals surface area contributed by atoms with Crippen molar-refractivity contribution in [1.82, 2.24) is 9.78 Å². The largest absolute Gasteiger partial charge is 0.481 e. The van der Waals surface area contributed by atoms with E-state index in [-0.39, 0.29) is 5.39 Å². The Bertz CT molecular complexity index is 1240. The number of carbonyl (C=O) groups excluding carboxylic acids is 1. The summed E-state index contributed by atoms with van der Waals surface area (Å²) in [6, 6.07) is 9.68. The summed E-state index contributed by atoms with van der Waals surface area (Å²) in [6.07, 6.45) is 2.69. The number of hydrogen-bond donors (Lipinski definition) is 1. The summed E-state index contributed by atoms with van der Waals surface area (Å²) < 4.78 is 16.1. The zero-order valence-corrected chi connectivity index (χ0v) is 18.2. The number of halogens is 2. The number of aliphatic carboxylic acids is 1. The first-order valence-corrected chi connectivity index (χ1v) is 10.4. The van der Waals surface area contributed by atoms with Crippen molar-refractivity contribution in [3.63, 3.8) is 0 Å². The van der Waals surface area contributed by atoms with Crippen LogP contribution in [0.3, 0.4) is 0 Å². The van der Waals surface area contributed by atoms with Gasteiger partial charge in [0, 0.05) is 0 Å². The van der Waals surface area contributed by atoms with Crippen LogP contribution in [-0.2, 0) is 4.79 Å². The molecule has 1 aliphatic rings. The van der Waals surface area contributed by atoms with Gasteiger partial charge in [-0.1, -0.05) is 49.7 Å². The zero-order valence-electron chi connectivity index (χ0n) is 17.4. The Kier molecular flexibility index (Phi) is 5.21. The number of fused-ring (bicyclic) bond motifs is 1. The molecule has 0 fully saturated rings. The standard InChI is InChI=1S/C24H22ClFN2O3/c1-13-6-4-7-16(25)19(13)22(29)28-18-9-5-8-17(26)20(18)21(27-28)14-10-11-15(23(30)31)24(2,3)12-14/h4-9,12,15H,10-11H2,1-3H3,(H,30,31). The molecule has 0 bridgehead atoms. The number of carboxylic acids is 1. The minimum Gasteiger partial charge on any atom is -0.481 e. The van der Waals surface area contributed by atoms with Gasteiger partial charge in [0.15, 0.2) is 0 Å². The van der Waals surface area contributed by atoms with Crippen LogP contribution in [-0.4, -0.2) is 26.8 Å². The Morgan fingerprint density at radius 1 is 1.23 bits per heavy atom. The molecule has 1 unspecified atom stereocenters. The van der Waals surface area contributed by atoms with E-state index in [9.17, 15) is 19.1 Å². The summed E-state index contributed by atoms with van der Waals surface area (Å²) in [5.41, 5.74) is 1.82. The Labute approximate surface area is 184 Å². The number of aromatic nitrogens is 2. The van der Waals surface area contributed by atoms with Gasteiger partial charge in [0.25, 0.3) is 5.91 Å². The van der Waals surface area contributed by atoms with Gasteiger partial charge in [-0.2, -0.15) is 9.78 Å². The van der Waals surface area contributed by atoms with E-state index in [4.69, 9.17) is 11.6 Å². The SMILES string of the molecule is Cc1cccc(Cl)c1C(=O)n1nc(C2=CC(C)(C)C(C(=O)O)CC2)c2c(F)cccc21. The first kappa shape index (κ1) is 21.2. The highest BCUT2D eigenvalue weighted by atomic mass is 35.5. The number of rotatable bonds is 3. The molecule has 1 aromatic heterocycles. The van der Waals surface area contributed by atoms with Crippen molar-refractivity contribution in [2.24, 2.45) is 11.3 Å². The summed E-state index contributed by atoms with van der Waals surface area (Å²) in [4.78, 5) is 25.0. The van der Waals surface area contributed by atoms with Crippen LogP contribution in [0.1, 0.15) is 48.3 Å². The van der Waals surface area contributed by atoms with Crippen molar-refractivity contribution >= 4 is 40.0 Å². The van der Waals surface area contributed by atoms with Crippen molar-refractivity contribution in [3.05, 3.63) is 70.1 Å². The van der Waals surface area contributed by atoms with Gasteiger partial charge in [0.05, 0.1) is 33.1 Å². The highest BCUT2D eigenvalue weighted by Crippen LogP contribution is 2.43. The lowest BCUT2D eigenvalue weighted by molar-refractivity contribution is -0.145. The fraction of sp³-hybridized carbons (Fsp3) is 0.292. The van der Waals surface area contributed by atoms with E-state index in [2.05, 4.69) is 5.10 Å². The predicted octanol–water partition coefficient (Wildman–Crippen LogP) is 5.73. The number of hydrogen-bond acceptors (Lipinski definition) is 3. The molecule has 2 aromatic carbocycles. The molecule has 1 aliphatic carbocycles. The molecule has 31 heavy (non-hydrogen) atoms. The van der Waals surface area contributed by atoms with Crippen LogP contribution in [0.2, 0.25) is 5.02 Å². The smallest absolute Gasteiger partial charge is 0.307 e. The number of aryl methyl sites for hydroxylation is 1. The summed E-state index contributed by atoms with van der Waals surface area (Å²) >= 11 is 6.29.